The number of amides is 1. The molecule has 5 rings (SSSR count). The molecule has 5 nitrogen and oxygen atoms in total. The van der Waals surface area contributed by atoms with Gasteiger partial charge in [-0.3, -0.25) is 9.59 Å². The Balaban J connectivity index is 1.54. The summed E-state index contributed by atoms with van der Waals surface area (Å²) < 4.78 is 21.1. The normalized spacial score (nSPS) is 17.1. The van der Waals surface area contributed by atoms with Crippen molar-refractivity contribution in [1.82, 2.24) is 9.80 Å². The number of ketones is 1. The van der Waals surface area contributed by atoms with Crippen molar-refractivity contribution >= 4 is 44.7 Å². The SMILES string of the molecule is COc1ccc(-c2cccc(C(C)=O)c2)cc1CN(C(=O)c1sc2cccc(F)c2c1Cl)[C@H]1CC[C@H](N(C)C)CC1. The number of carbonyl (C=O) groups excluding carboxylic acids is 2. The van der Waals surface area contributed by atoms with Crippen molar-refractivity contribution in [3.8, 4) is 16.9 Å². The predicted molar refractivity (Wildman–Crippen MR) is 165 cm³/mol. The molecule has 1 fully saturated rings. The lowest BCUT2D eigenvalue weighted by Gasteiger charge is -2.39. The molecule has 3 aromatic carbocycles. The van der Waals surface area contributed by atoms with Gasteiger partial charge in [0.05, 0.1) is 12.1 Å². The van der Waals surface area contributed by atoms with Crippen molar-refractivity contribution in [3.63, 3.8) is 0 Å². The Morgan fingerprint density at radius 2 is 1.66 bits per heavy atom. The van der Waals surface area contributed by atoms with E-state index in [0.29, 0.717) is 38.9 Å². The fourth-order valence-electron chi connectivity index (χ4n) is 5.77. The maximum absolute atomic E-state index is 14.7. The molecule has 0 radical (unpaired) electrons. The van der Waals surface area contributed by atoms with Crippen molar-refractivity contribution in [3.05, 3.63) is 87.5 Å². The van der Waals surface area contributed by atoms with Crippen molar-refractivity contribution in [2.75, 3.05) is 21.2 Å². The van der Waals surface area contributed by atoms with E-state index in [-0.39, 0.29) is 22.8 Å². The van der Waals surface area contributed by atoms with Gasteiger partial charge in [-0.1, -0.05) is 41.9 Å². The molecule has 0 aliphatic heterocycles. The van der Waals surface area contributed by atoms with Crippen LogP contribution < -0.4 is 4.74 Å². The largest absolute Gasteiger partial charge is 0.496 e. The Hall–Kier alpha value is -3.26. The van der Waals surface area contributed by atoms with Gasteiger partial charge in [-0.05, 0) is 88.2 Å². The van der Waals surface area contributed by atoms with E-state index in [2.05, 4.69) is 19.0 Å². The molecule has 1 aliphatic rings. The second kappa shape index (κ2) is 12.3. The van der Waals surface area contributed by atoms with Gasteiger partial charge in [0.2, 0.25) is 0 Å². The van der Waals surface area contributed by atoms with E-state index in [0.717, 1.165) is 42.4 Å². The van der Waals surface area contributed by atoms with E-state index >= 15 is 0 Å². The van der Waals surface area contributed by atoms with Crippen LogP contribution in [-0.4, -0.2) is 54.8 Å². The van der Waals surface area contributed by atoms with Crippen molar-refractivity contribution < 1.29 is 18.7 Å². The number of ether oxygens (including phenoxy) is 1. The first-order chi connectivity index (χ1) is 19.7. The summed E-state index contributed by atoms with van der Waals surface area (Å²) in [5, 5.41) is 0.463. The van der Waals surface area contributed by atoms with Gasteiger partial charge in [0.25, 0.3) is 5.91 Å². The number of hydrogen-bond acceptors (Lipinski definition) is 5. The van der Waals surface area contributed by atoms with Crippen LogP contribution in [0.15, 0.2) is 60.7 Å². The zero-order valence-electron chi connectivity index (χ0n) is 23.7. The lowest BCUT2D eigenvalue weighted by molar-refractivity contribution is 0.0573. The second-order valence-electron chi connectivity index (χ2n) is 10.9. The van der Waals surface area contributed by atoms with Crippen LogP contribution in [0.25, 0.3) is 21.2 Å². The number of hydrogen-bond donors (Lipinski definition) is 0. The second-order valence-corrected chi connectivity index (χ2v) is 12.3. The molecule has 0 bridgehead atoms. The van der Waals surface area contributed by atoms with Gasteiger partial charge >= 0.3 is 0 Å². The van der Waals surface area contributed by atoms with Gasteiger partial charge in [-0.15, -0.1) is 11.3 Å². The van der Waals surface area contributed by atoms with Crippen LogP contribution in [0.5, 0.6) is 5.75 Å². The summed E-state index contributed by atoms with van der Waals surface area (Å²) in [6, 6.07) is 18.7. The first-order valence-electron chi connectivity index (χ1n) is 13.8. The van der Waals surface area contributed by atoms with Crippen LogP contribution in [-0.2, 0) is 6.54 Å². The van der Waals surface area contributed by atoms with Gasteiger partial charge in [0.1, 0.15) is 16.4 Å². The number of carbonyl (C=O) groups is 2. The molecule has 0 N–H and O–H groups in total. The third-order valence-corrected chi connectivity index (χ3v) is 9.76. The molecule has 1 aromatic heterocycles. The van der Waals surface area contributed by atoms with Gasteiger partial charge < -0.3 is 14.5 Å². The molecule has 1 amide bonds. The molecule has 0 atom stereocenters. The molecule has 1 aliphatic carbocycles. The molecular formula is C33H34ClFN2O3S. The lowest BCUT2D eigenvalue weighted by atomic mass is 9.89. The third kappa shape index (κ3) is 6.03. The number of nitrogens with zero attached hydrogens (tertiary/aromatic N) is 2. The molecule has 41 heavy (non-hydrogen) atoms. The van der Waals surface area contributed by atoms with Crippen molar-refractivity contribution in [2.24, 2.45) is 0 Å². The summed E-state index contributed by atoms with van der Waals surface area (Å²) >= 11 is 7.91. The summed E-state index contributed by atoms with van der Waals surface area (Å²) in [6.07, 6.45) is 3.67. The van der Waals surface area contributed by atoms with Gasteiger partial charge in [-0.25, -0.2) is 4.39 Å². The van der Waals surface area contributed by atoms with Crippen LogP contribution >= 0.6 is 22.9 Å². The van der Waals surface area contributed by atoms with Gasteiger partial charge in [0.15, 0.2) is 5.78 Å². The Labute approximate surface area is 249 Å². The fraction of sp³-hybridized carbons (Fsp3) is 0.333. The third-order valence-electron chi connectivity index (χ3n) is 8.12. The highest BCUT2D eigenvalue weighted by Crippen LogP contribution is 2.39. The van der Waals surface area contributed by atoms with Crippen molar-refractivity contribution in [2.45, 2.75) is 51.2 Å². The zero-order valence-corrected chi connectivity index (χ0v) is 25.3. The smallest absolute Gasteiger partial charge is 0.266 e. The Morgan fingerprint density at radius 1 is 0.976 bits per heavy atom. The lowest BCUT2D eigenvalue weighted by Crippen LogP contribution is -2.44. The van der Waals surface area contributed by atoms with E-state index in [9.17, 15) is 14.0 Å². The monoisotopic (exact) mass is 592 g/mol. The fourth-order valence-corrected chi connectivity index (χ4v) is 7.28. The number of rotatable bonds is 8. The van der Waals surface area contributed by atoms with E-state index in [1.54, 1.807) is 32.2 Å². The number of benzene rings is 3. The molecule has 0 unspecified atom stereocenters. The quantitative estimate of drug-likeness (QED) is 0.194. The summed E-state index contributed by atoms with van der Waals surface area (Å²) in [7, 11) is 5.81. The molecule has 8 heteroatoms. The number of Topliss-reactive ketones (excluding diaryl/α,β-unsaturated/α-hetero) is 1. The van der Waals surface area contributed by atoms with Crippen LogP contribution in [0.4, 0.5) is 4.39 Å². The molecular weight excluding hydrogens is 559 g/mol. The minimum Gasteiger partial charge on any atom is -0.496 e. The summed E-state index contributed by atoms with van der Waals surface area (Å²) in [5.74, 6) is 0.0463. The highest BCUT2D eigenvalue weighted by Gasteiger charge is 2.33. The molecule has 214 valence electrons. The molecule has 1 saturated carbocycles. The maximum Gasteiger partial charge on any atom is 0.266 e. The van der Waals surface area contributed by atoms with E-state index in [4.69, 9.17) is 16.3 Å². The molecule has 0 spiro atoms. The van der Waals surface area contributed by atoms with E-state index < -0.39 is 5.82 Å². The zero-order chi connectivity index (χ0) is 29.3. The average molecular weight is 593 g/mol. The molecule has 0 saturated heterocycles. The highest BCUT2D eigenvalue weighted by atomic mass is 35.5. The molecule has 1 heterocycles. The topological polar surface area (TPSA) is 49.9 Å². The number of thiophene rings is 1. The Kier molecular flexibility index (Phi) is 8.78. The minimum absolute atomic E-state index is 0.000714. The summed E-state index contributed by atoms with van der Waals surface area (Å²) in [6.45, 7) is 1.87. The maximum atomic E-state index is 14.7. The average Bonchev–Trinajstić information content (AvgIpc) is 3.32. The summed E-state index contributed by atoms with van der Waals surface area (Å²) in [4.78, 5) is 30.8. The Bertz CT molecular complexity index is 1590. The van der Waals surface area contributed by atoms with Gasteiger partial charge in [-0.2, -0.15) is 0 Å². The number of methoxy groups -OCH3 is 1. The molecule has 4 aromatic rings. The minimum atomic E-state index is -0.428. The van der Waals surface area contributed by atoms with E-state index in [1.165, 1.54) is 17.4 Å². The first-order valence-corrected chi connectivity index (χ1v) is 15.0. The van der Waals surface area contributed by atoms with Crippen LogP contribution in [0.2, 0.25) is 5.02 Å². The Morgan fingerprint density at radius 3 is 2.32 bits per heavy atom. The first kappa shape index (κ1) is 29.2. The highest BCUT2D eigenvalue weighted by molar-refractivity contribution is 7.21. The van der Waals surface area contributed by atoms with Crippen LogP contribution in [0.1, 0.15) is 58.2 Å². The van der Waals surface area contributed by atoms with Crippen LogP contribution in [0, 0.1) is 5.82 Å². The van der Waals surface area contributed by atoms with E-state index in [1.807, 2.05) is 41.3 Å². The number of fused-ring (bicyclic) bond motifs is 1. The van der Waals surface area contributed by atoms with Crippen molar-refractivity contribution in [1.29, 1.82) is 0 Å². The predicted octanol–water partition coefficient (Wildman–Crippen LogP) is 8.09. The number of halogens is 2. The summed E-state index contributed by atoms with van der Waals surface area (Å²) in [5.41, 5.74) is 3.33. The standard InChI is InChI=1S/C33H34ClFN2O3S/c1-20(38)21-7-5-8-22(17-21)23-11-16-28(40-4)24(18-23)19-37(26-14-12-25(13-15-26)36(2)3)33(39)32-31(34)30-27(35)9-6-10-29(30)41-32/h5-11,16-18,25-26H,12-15,19H2,1-4H3/t25-,26-. The van der Waals surface area contributed by atoms with Gasteiger partial charge in [0, 0.05) is 39.8 Å². The van der Waals surface area contributed by atoms with Crippen LogP contribution in [0.3, 0.4) is 0 Å².